The van der Waals surface area contributed by atoms with Crippen LogP contribution in [-0.4, -0.2) is 22.7 Å². The lowest BCUT2D eigenvalue weighted by Gasteiger charge is -2.28. The van der Waals surface area contributed by atoms with E-state index >= 15 is 0 Å². The minimum atomic E-state index is -0.965. The molecule has 0 saturated heterocycles. The molecular formula is C17H19NO4S. The second-order valence-corrected chi connectivity index (χ2v) is 6.61. The molecule has 2 N–H and O–H groups in total. The standard InChI is InChI=1S/C17H19NO4S/c1-17(11-15(19)20,10-14-8-5-9-23-14)18-16(21)22-12-13-6-3-2-4-7-13/h2-9H,10-12H2,1H3,(H,18,21)(H,19,20). The molecule has 0 aliphatic rings. The summed E-state index contributed by atoms with van der Waals surface area (Å²) in [7, 11) is 0. The van der Waals surface area contributed by atoms with Crippen LogP contribution in [0.4, 0.5) is 4.79 Å². The van der Waals surface area contributed by atoms with Crippen LogP contribution >= 0.6 is 11.3 Å². The summed E-state index contributed by atoms with van der Waals surface area (Å²) in [6.45, 7) is 1.86. The first-order chi connectivity index (χ1) is 11.0. The SMILES string of the molecule is CC(CC(=O)O)(Cc1cccs1)NC(=O)OCc1ccccc1. The van der Waals surface area contributed by atoms with Gasteiger partial charge in [-0.05, 0) is 23.9 Å². The van der Waals surface area contributed by atoms with Crippen molar-refractivity contribution in [2.45, 2.75) is 31.9 Å². The molecule has 2 rings (SSSR count). The molecule has 1 amide bonds. The van der Waals surface area contributed by atoms with E-state index in [2.05, 4.69) is 5.32 Å². The summed E-state index contributed by atoms with van der Waals surface area (Å²) in [6, 6.07) is 13.1. The van der Waals surface area contributed by atoms with E-state index in [0.29, 0.717) is 6.42 Å². The van der Waals surface area contributed by atoms with E-state index in [4.69, 9.17) is 9.84 Å². The number of carboxylic acid groups (broad SMARTS) is 1. The van der Waals surface area contributed by atoms with Gasteiger partial charge in [0.2, 0.25) is 0 Å². The molecule has 1 heterocycles. The predicted molar refractivity (Wildman–Crippen MR) is 88.4 cm³/mol. The van der Waals surface area contributed by atoms with Crippen molar-refractivity contribution in [3.05, 3.63) is 58.3 Å². The van der Waals surface area contributed by atoms with Crippen LogP contribution in [0.3, 0.4) is 0 Å². The predicted octanol–water partition coefficient (Wildman–Crippen LogP) is 3.45. The van der Waals surface area contributed by atoms with Gasteiger partial charge in [-0.25, -0.2) is 4.79 Å². The maximum atomic E-state index is 12.0. The summed E-state index contributed by atoms with van der Waals surface area (Å²) in [5.41, 5.74) is -0.0226. The lowest BCUT2D eigenvalue weighted by Crippen LogP contribution is -2.49. The average molecular weight is 333 g/mol. The number of alkyl carbamates (subject to hydrolysis) is 1. The molecule has 2 aromatic rings. The number of nitrogens with one attached hydrogen (secondary N) is 1. The summed E-state index contributed by atoms with van der Waals surface area (Å²) in [5.74, 6) is -0.965. The Labute approximate surface area is 138 Å². The quantitative estimate of drug-likeness (QED) is 0.814. The lowest BCUT2D eigenvalue weighted by atomic mass is 9.93. The molecule has 0 aliphatic heterocycles. The summed E-state index contributed by atoms with van der Waals surface area (Å²) in [6.07, 6.45) is -0.350. The van der Waals surface area contributed by atoms with E-state index in [0.717, 1.165) is 10.4 Å². The van der Waals surface area contributed by atoms with Crippen LogP contribution in [0.25, 0.3) is 0 Å². The molecule has 5 nitrogen and oxygen atoms in total. The number of amides is 1. The van der Waals surface area contributed by atoms with Crippen LogP contribution in [0.2, 0.25) is 0 Å². The van der Waals surface area contributed by atoms with Gasteiger partial charge in [-0.15, -0.1) is 11.3 Å². The monoisotopic (exact) mass is 333 g/mol. The largest absolute Gasteiger partial charge is 0.481 e. The number of benzene rings is 1. The normalized spacial score (nSPS) is 13.1. The number of ether oxygens (including phenoxy) is 1. The molecule has 23 heavy (non-hydrogen) atoms. The number of thiophene rings is 1. The van der Waals surface area contributed by atoms with Gasteiger partial charge in [0.25, 0.3) is 0 Å². The summed E-state index contributed by atoms with van der Waals surface area (Å²) in [4.78, 5) is 24.1. The van der Waals surface area contributed by atoms with Crippen LogP contribution in [-0.2, 0) is 22.6 Å². The van der Waals surface area contributed by atoms with E-state index in [9.17, 15) is 9.59 Å². The van der Waals surface area contributed by atoms with Gasteiger partial charge in [-0.3, -0.25) is 4.79 Å². The molecule has 1 aromatic carbocycles. The number of aliphatic carboxylic acids is 1. The van der Waals surface area contributed by atoms with E-state index in [1.807, 2.05) is 47.8 Å². The van der Waals surface area contributed by atoms with E-state index < -0.39 is 17.6 Å². The molecule has 1 atom stereocenters. The van der Waals surface area contributed by atoms with Crippen molar-refractivity contribution < 1.29 is 19.4 Å². The fraction of sp³-hybridized carbons (Fsp3) is 0.294. The molecule has 122 valence electrons. The molecular weight excluding hydrogens is 314 g/mol. The third-order valence-electron chi connectivity index (χ3n) is 3.30. The summed E-state index contributed by atoms with van der Waals surface area (Å²) < 4.78 is 5.18. The zero-order valence-corrected chi connectivity index (χ0v) is 13.6. The minimum Gasteiger partial charge on any atom is -0.481 e. The van der Waals surface area contributed by atoms with Crippen LogP contribution in [0.15, 0.2) is 47.8 Å². The second kappa shape index (κ2) is 7.78. The van der Waals surface area contributed by atoms with Crippen molar-refractivity contribution >= 4 is 23.4 Å². The fourth-order valence-electron chi connectivity index (χ4n) is 2.29. The molecule has 0 radical (unpaired) electrons. The number of carbonyl (C=O) groups excluding carboxylic acids is 1. The first kappa shape index (κ1) is 17.0. The van der Waals surface area contributed by atoms with Gasteiger partial charge in [0.05, 0.1) is 12.0 Å². The number of rotatable bonds is 7. The number of hydrogen-bond acceptors (Lipinski definition) is 4. The Kier molecular flexibility index (Phi) is 5.76. The highest BCUT2D eigenvalue weighted by Crippen LogP contribution is 2.21. The van der Waals surface area contributed by atoms with Crippen LogP contribution in [0.1, 0.15) is 23.8 Å². The van der Waals surface area contributed by atoms with E-state index in [1.165, 1.54) is 11.3 Å². The molecule has 6 heteroatoms. The van der Waals surface area contributed by atoms with Gasteiger partial charge in [0, 0.05) is 11.3 Å². The molecule has 0 spiro atoms. The van der Waals surface area contributed by atoms with Gasteiger partial charge < -0.3 is 15.2 Å². The molecule has 0 bridgehead atoms. The molecule has 0 saturated carbocycles. The van der Waals surface area contributed by atoms with Gasteiger partial charge in [0.1, 0.15) is 6.61 Å². The van der Waals surface area contributed by atoms with Gasteiger partial charge in [-0.2, -0.15) is 0 Å². The van der Waals surface area contributed by atoms with Crippen molar-refractivity contribution in [1.82, 2.24) is 5.32 Å². The Balaban J connectivity index is 1.96. The van der Waals surface area contributed by atoms with Gasteiger partial charge in [0.15, 0.2) is 0 Å². The zero-order valence-electron chi connectivity index (χ0n) is 12.8. The van der Waals surface area contributed by atoms with Crippen molar-refractivity contribution in [1.29, 1.82) is 0 Å². The van der Waals surface area contributed by atoms with E-state index in [1.54, 1.807) is 6.92 Å². The Bertz CT molecular complexity index is 642. The Hall–Kier alpha value is -2.34. The topological polar surface area (TPSA) is 75.6 Å². The first-order valence-electron chi connectivity index (χ1n) is 7.20. The Morgan fingerprint density at radius 3 is 2.57 bits per heavy atom. The second-order valence-electron chi connectivity index (χ2n) is 5.57. The average Bonchev–Trinajstić information content (AvgIpc) is 2.97. The number of hydrogen-bond donors (Lipinski definition) is 2. The van der Waals surface area contributed by atoms with Crippen molar-refractivity contribution in [2.75, 3.05) is 0 Å². The van der Waals surface area contributed by atoms with E-state index in [-0.39, 0.29) is 13.0 Å². The number of carboxylic acids is 1. The maximum Gasteiger partial charge on any atom is 0.407 e. The van der Waals surface area contributed by atoms with Crippen molar-refractivity contribution in [3.8, 4) is 0 Å². The molecule has 1 unspecified atom stereocenters. The molecule has 0 fully saturated rings. The third-order valence-corrected chi connectivity index (χ3v) is 4.18. The lowest BCUT2D eigenvalue weighted by molar-refractivity contribution is -0.138. The van der Waals surface area contributed by atoms with Crippen molar-refractivity contribution in [3.63, 3.8) is 0 Å². The highest BCUT2D eigenvalue weighted by atomic mass is 32.1. The third kappa shape index (κ3) is 5.75. The first-order valence-corrected chi connectivity index (χ1v) is 8.08. The van der Waals surface area contributed by atoms with Gasteiger partial charge >= 0.3 is 12.1 Å². The fourth-order valence-corrected chi connectivity index (χ4v) is 3.18. The minimum absolute atomic E-state index is 0.148. The van der Waals surface area contributed by atoms with Crippen molar-refractivity contribution in [2.24, 2.45) is 0 Å². The van der Waals surface area contributed by atoms with Crippen LogP contribution in [0, 0.1) is 0 Å². The van der Waals surface area contributed by atoms with Crippen LogP contribution in [0.5, 0.6) is 0 Å². The maximum absolute atomic E-state index is 12.0. The number of carbonyl (C=O) groups is 2. The van der Waals surface area contributed by atoms with Crippen LogP contribution < -0.4 is 5.32 Å². The molecule has 0 aliphatic carbocycles. The smallest absolute Gasteiger partial charge is 0.407 e. The highest BCUT2D eigenvalue weighted by Gasteiger charge is 2.30. The highest BCUT2D eigenvalue weighted by molar-refractivity contribution is 7.09. The summed E-state index contributed by atoms with van der Waals surface area (Å²) >= 11 is 1.53. The Morgan fingerprint density at radius 2 is 1.96 bits per heavy atom. The molecule has 1 aromatic heterocycles. The zero-order chi connectivity index (χ0) is 16.7. The van der Waals surface area contributed by atoms with Gasteiger partial charge in [-0.1, -0.05) is 36.4 Å². The Morgan fingerprint density at radius 1 is 1.22 bits per heavy atom. The summed E-state index contributed by atoms with van der Waals surface area (Å²) in [5, 5.41) is 13.7.